The van der Waals surface area contributed by atoms with Gasteiger partial charge in [0, 0.05) is 13.2 Å². The largest absolute Gasteiger partial charge is 0.636 e. The zero-order valence-electron chi connectivity index (χ0n) is 6.84. The molecule has 0 heterocycles. The van der Waals surface area contributed by atoms with Crippen LogP contribution in [0.15, 0.2) is 0 Å². The first-order chi connectivity index (χ1) is 5.81. The molecule has 0 aliphatic heterocycles. The van der Waals surface area contributed by atoms with Crippen LogP contribution < -0.4 is 0 Å². The molecule has 12 heavy (non-hydrogen) atoms. The molecule has 0 aromatic rings. The van der Waals surface area contributed by atoms with Crippen LogP contribution in [-0.2, 0) is 9.31 Å². The Morgan fingerprint density at radius 2 is 1.42 bits per heavy atom. The minimum absolute atomic E-state index is 0.104. The van der Waals surface area contributed by atoms with E-state index >= 15 is 0 Å². The van der Waals surface area contributed by atoms with Gasteiger partial charge in [-0.2, -0.15) is 0 Å². The van der Waals surface area contributed by atoms with Gasteiger partial charge >= 0.3 is 7.32 Å². The van der Waals surface area contributed by atoms with Crippen LogP contribution in [0, 0.1) is 0 Å². The fraction of sp³-hybridized carbons (Fsp3) is 1.00. The molecule has 72 valence electrons. The van der Waals surface area contributed by atoms with Crippen LogP contribution in [0.5, 0.6) is 0 Å². The molecule has 6 heteroatoms. The summed E-state index contributed by atoms with van der Waals surface area (Å²) in [6.07, 6.45) is 0.451. The molecular weight excluding hydrogens is 169 g/mol. The number of hydrogen-bond acceptors (Lipinski definition) is 3. The van der Waals surface area contributed by atoms with E-state index < -0.39 is 20.7 Å². The number of alkyl halides is 2. The fourth-order valence-electron chi connectivity index (χ4n) is 0.526. The molecule has 0 aromatic heterocycles. The summed E-state index contributed by atoms with van der Waals surface area (Å²) in [6.45, 7) is -0.769. The van der Waals surface area contributed by atoms with E-state index in [4.69, 9.17) is 5.02 Å². The van der Waals surface area contributed by atoms with Crippen LogP contribution in [0.4, 0.5) is 8.78 Å². The number of hydrogen-bond donors (Lipinski definition) is 1. The summed E-state index contributed by atoms with van der Waals surface area (Å²) >= 11 is 0. The van der Waals surface area contributed by atoms with Crippen molar-refractivity contribution < 1.29 is 23.1 Å². The van der Waals surface area contributed by atoms with Gasteiger partial charge in [0.25, 0.3) is 0 Å². The van der Waals surface area contributed by atoms with E-state index in [0.29, 0.717) is 0 Å². The quantitative estimate of drug-likeness (QED) is 0.443. The molecule has 0 rings (SSSR count). The predicted molar refractivity (Wildman–Crippen MR) is 41.1 cm³/mol. The summed E-state index contributed by atoms with van der Waals surface area (Å²) in [4.78, 5) is 0. The topological polar surface area (TPSA) is 38.7 Å². The van der Waals surface area contributed by atoms with Crippen LogP contribution in [-0.4, -0.2) is 38.9 Å². The summed E-state index contributed by atoms with van der Waals surface area (Å²) in [7, 11) is -1.36. The van der Waals surface area contributed by atoms with Gasteiger partial charge in [0.1, 0.15) is 0 Å². The molecule has 0 unspecified atom stereocenters. The van der Waals surface area contributed by atoms with Crippen LogP contribution in [0.3, 0.4) is 0 Å². The van der Waals surface area contributed by atoms with Crippen molar-refractivity contribution >= 4 is 7.32 Å². The maximum atomic E-state index is 11.5. The van der Waals surface area contributed by atoms with Gasteiger partial charge in [-0.25, -0.2) is 0 Å². The average Bonchev–Trinajstić information content (AvgIpc) is 2.06. The average molecular weight is 182 g/mol. The monoisotopic (exact) mass is 182 g/mol. The second-order valence-corrected chi connectivity index (χ2v) is 2.13. The normalized spacial score (nSPS) is 10.2. The molecular formula is C6H13BF2O3. The molecule has 3 nitrogen and oxygen atoms in total. The van der Waals surface area contributed by atoms with Gasteiger partial charge in [-0.3, -0.25) is 8.78 Å². The zero-order valence-corrected chi connectivity index (χ0v) is 6.84. The summed E-state index contributed by atoms with van der Waals surface area (Å²) < 4.78 is 32.2. The Bertz CT molecular complexity index is 86.9. The Hall–Kier alpha value is -0.195. The lowest BCUT2D eigenvalue weighted by Gasteiger charge is -2.06. The summed E-state index contributed by atoms with van der Waals surface area (Å²) in [5.74, 6) is 0. The first-order valence-corrected chi connectivity index (χ1v) is 3.84. The summed E-state index contributed by atoms with van der Waals surface area (Å²) in [6, 6.07) is 0. The molecule has 0 amide bonds. The van der Waals surface area contributed by atoms with Crippen molar-refractivity contribution in [3.8, 4) is 0 Å². The number of rotatable bonds is 8. The lowest BCUT2D eigenvalue weighted by Crippen LogP contribution is -2.24. The molecule has 0 spiro atoms. The van der Waals surface area contributed by atoms with Gasteiger partial charge in [0.2, 0.25) is 0 Å². The van der Waals surface area contributed by atoms with Gasteiger partial charge in [-0.05, 0) is 12.8 Å². The van der Waals surface area contributed by atoms with Crippen LogP contribution in [0.2, 0.25) is 0 Å². The SMILES string of the molecule is OB(OCCCF)OCCCF. The van der Waals surface area contributed by atoms with Gasteiger partial charge in [0.05, 0.1) is 13.3 Å². The maximum Gasteiger partial charge on any atom is 0.636 e. The predicted octanol–water partition coefficient (Wildman–Crippen LogP) is 0.716. The highest BCUT2D eigenvalue weighted by atomic mass is 19.1. The second kappa shape index (κ2) is 8.90. The molecule has 0 aliphatic carbocycles. The van der Waals surface area contributed by atoms with Gasteiger partial charge < -0.3 is 14.3 Å². The highest BCUT2D eigenvalue weighted by Gasteiger charge is 2.14. The molecule has 0 aliphatic rings. The Morgan fingerprint density at radius 1 is 1.00 bits per heavy atom. The standard InChI is InChI=1S/C6H13BF2O3/c8-3-1-5-11-7(10)12-6-2-4-9/h10H,1-6H2. The van der Waals surface area contributed by atoms with Crippen molar-refractivity contribution in [3.05, 3.63) is 0 Å². The van der Waals surface area contributed by atoms with E-state index in [1.807, 2.05) is 0 Å². The molecule has 0 radical (unpaired) electrons. The molecule has 0 saturated carbocycles. The van der Waals surface area contributed by atoms with Gasteiger partial charge in [0.15, 0.2) is 0 Å². The van der Waals surface area contributed by atoms with Crippen molar-refractivity contribution in [2.45, 2.75) is 12.8 Å². The van der Waals surface area contributed by atoms with E-state index in [1.54, 1.807) is 0 Å². The summed E-state index contributed by atoms with van der Waals surface area (Å²) in [5, 5.41) is 8.81. The van der Waals surface area contributed by atoms with Crippen molar-refractivity contribution in [1.82, 2.24) is 0 Å². The minimum Gasteiger partial charge on any atom is -0.402 e. The third-order valence-electron chi connectivity index (χ3n) is 1.08. The first kappa shape index (κ1) is 11.8. The van der Waals surface area contributed by atoms with Crippen molar-refractivity contribution in [3.63, 3.8) is 0 Å². The maximum absolute atomic E-state index is 11.5. The van der Waals surface area contributed by atoms with Crippen molar-refractivity contribution in [1.29, 1.82) is 0 Å². The highest BCUT2D eigenvalue weighted by molar-refractivity contribution is 6.34. The molecule has 0 bridgehead atoms. The Morgan fingerprint density at radius 3 is 1.75 bits per heavy atom. The molecule has 0 saturated heterocycles. The molecule has 0 aromatic carbocycles. The van der Waals surface area contributed by atoms with E-state index in [9.17, 15) is 8.78 Å². The van der Waals surface area contributed by atoms with Gasteiger partial charge in [-0.1, -0.05) is 0 Å². The van der Waals surface area contributed by atoms with E-state index in [-0.39, 0.29) is 26.1 Å². The Kier molecular flexibility index (Phi) is 8.75. The molecule has 0 atom stereocenters. The zero-order chi connectivity index (χ0) is 9.23. The third-order valence-corrected chi connectivity index (χ3v) is 1.08. The number of halogens is 2. The van der Waals surface area contributed by atoms with E-state index in [1.165, 1.54) is 0 Å². The smallest absolute Gasteiger partial charge is 0.402 e. The third kappa shape index (κ3) is 7.91. The van der Waals surface area contributed by atoms with Gasteiger partial charge in [-0.15, -0.1) is 0 Å². The van der Waals surface area contributed by atoms with Crippen molar-refractivity contribution in [2.24, 2.45) is 0 Å². The Balaban J connectivity index is 3.04. The van der Waals surface area contributed by atoms with E-state index in [2.05, 4.69) is 9.31 Å². The second-order valence-electron chi connectivity index (χ2n) is 2.13. The van der Waals surface area contributed by atoms with Crippen LogP contribution in [0.25, 0.3) is 0 Å². The highest BCUT2D eigenvalue weighted by Crippen LogP contribution is 1.91. The Labute approximate surface area is 70.8 Å². The lowest BCUT2D eigenvalue weighted by atomic mass is 10.2. The van der Waals surface area contributed by atoms with Crippen molar-refractivity contribution in [2.75, 3.05) is 26.6 Å². The van der Waals surface area contributed by atoms with E-state index in [0.717, 1.165) is 0 Å². The first-order valence-electron chi connectivity index (χ1n) is 3.84. The lowest BCUT2D eigenvalue weighted by molar-refractivity contribution is 0.125. The van der Waals surface area contributed by atoms with Crippen LogP contribution >= 0.6 is 0 Å². The fourth-order valence-corrected chi connectivity index (χ4v) is 0.526. The van der Waals surface area contributed by atoms with Crippen LogP contribution in [0.1, 0.15) is 12.8 Å². The molecule has 0 fully saturated rings. The summed E-state index contributed by atoms with van der Waals surface area (Å²) in [5.41, 5.74) is 0. The minimum atomic E-state index is -1.36. The molecule has 1 N–H and O–H groups in total.